The number of likely N-dealkylation sites (tertiary alicyclic amines) is 1. The zero-order valence-corrected chi connectivity index (χ0v) is 15.5. The van der Waals surface area contributed by atoms with Gasteiger partial charge in [-0.05, 0) is 51.4 Å². The number of thiophene rings is 1. The molecule has 3 aromatic rings. The van der Waals surface area contributed by atoms with E-state index in [0.717, 1.165) is 42.3 Å². The van der Waals surface area contributed by atoms with Gasteiger partial charge in [-0.2, -0.15) is 0 Å². The first-order chi connectivity index (χ1) is 12.2. The third-order valence-electron chi connectivity index (χ3n) is 5.63. The molecule has 6 heteroatoms. The second-order valence-corrected chi connectivity index (χ2v) is 8.30. The van der Waals surface area contributed by atoms with Crippen molar-refractivity contribution in [1.29, 1.82) is 0 Å². The number of fused-ring (bicyclic) bond motifs is 3. The summed E-state index contributed by atoms with van der Waals surface area (Å²) in [5.41, 5.74) is 4.65. The van der Waals surface area contributed by atoms with E-state index >= 15 is 0 Å². The number of piperidine rings is 1. The molecule has 0 atom stereocenters. The molecule has 0 amide bonds. The lowest BCUT2D eigenvalue weighted by atomic mass is 9.92. The zero-order valence-electron chi connectivity index (χ0n) is 14.7. The summed E-state index contributed by atoms with van der Waals surface area (Å²) < 4.78 is 6.58. The molecule has 0 N–H and O–H groups in total. The van der Waals surface area contributed by atoms with Crippen LogP contribution in [0, 0.1) is 13.8 Å². The first-order valence-electron chi connectivity index (χ1n) is 9.04. The summed E-state index contributed by atoms with van der Waals surface area (Å²) in [7, 11) is 0. The van der Waals surface area contributed by atoms with Crippen LogP contribution in [-0.4, -0.2) is 52.2 Å². The lowest BCUT2D eigenvalue weighted by molar-refractivity contribution is -0.0713. The van der Waals surface area contributed by atoms with E-state index < -0.39 is 0 Å². The van der Waals surface area contributed by atoms with Gasteiger partial charge in [-0.15, -0.1) is 11.3 Å². The van der Waals surface area contributed by atoms with Gasteiger partial charge in [0.15, 0.2) is 0 Å². The van der Waals surface area contributed by atoms with Crippen LogP contribution >= 0.6 is 11.3 Å². The predicted molar refractivity (Wildman–Crippen MR) is 100 cm³/mol. The summed E-state index contributed by atoms with van der Waals surface area (Å²) in [5, 5.41) is 1.21. The van der Waals surface area contributed by atoms with Crippen molar-refractivity contribution in [2.24, 2.45) is 0 Å². The molecule has 2 fully saturated rings. The lowest BCUT2D eigenvalue weighted by Gasteiger charge is -2.41. The van der Waals surface area contributed by atoms with Crippen LogP contribution in [0.3, 0.4) is 0 Å². The van der Waals surface area contributed by atoms with Crippen LogP contribution in [0.4, 0.5) is 0 Å². The summed E-state index contributed by atoms with van der Waals surface area (Å²) >= 11 is 1.76. The van der Waals surface area contributed by atoms with Gasteiger partial charge in [-0.3, -0.25) is 4.90 Å². The van der Waals surface area contributed by atoms with Crippen molar-refractivity contribution in [2.75, 3.05) is 26.3 Å². The summed E-state index contributed by atoms with van der Waals surface area (Å²) in [6.45, 7) is 8.32. The maximum atomic E-state index is 5.34. The molecule has 2 aliphatic heterocycles. The van der Waals surface area contributed by atoms with Crippen LogP contribution in [0.1, 0.15) is 35.7 Å². The number of hydrogen-bond donors (Lipinski definition) is 0. The van der Waals surface area contributed by atoms with Crippen molar-refractivity contribution in [1.82, 2.24) is 19.9 Å². The molecule has 5 heterocycles. The van der Waals surface area contributed by atoms with Gasteiger partial charge < -0.3 is 4.74 Å². The van der Waals surface area contributed by atoms with E-state index in [4.69, 9.17) is 14.7 Å². The van der Waals surface area contributed by atoms with E-state index in [-0.39, 0.29) is 0 Å². The molecule has 5 nitrogen and oxygen atoms in total. The predicted octanol–water partition coefficient (Wildman–Crippen LogP) is 3.43. The third kappa shape index (κ3) is 2.55. The average molecular weight is 354 g/mol. The first kappa shape index (κ1) is 15.6. The van der Waals surface area contributed by atoms with Gasteiger partial charge >= 0.3 is 0 Å². The zero-order chi connectivity index (χ0) is 17.0. The molecule has 130 valence electrons. The van der Waals surface area contributed by atoms with Crippen molar-refractivity contribution in [3.05, 3.63) is 29.3 Å². The van der Waals surface area contributed by atoms with Crippen molar-refractivity contribution in [2.45, 2.75) is 38.6 Å². The van der Waals surface area contributed by atoms with Gasteiger partial charge in [0.05, 0.1) is 35.2 Å². The maximum absolute atomic E-state index is 5.34. The minimum absolute atomic E-state index is 0.525. The van der Waals surface area contributed by atoms with Gasteiger partial charge in [0.25, 0.3) is 0 Å². The Bertz CT molecular complexity index is 941. The monoisotopic (exact) mass is 354 g/mol. The Morgan fingerprint density at radius 3 is 2.68 bits per heavy atom. The van der Waals surface area contributed by atoms with Crippen molar-refractivity contribution in [3.63, 3.8) is 0 Å². The first-order valence-corrected chi connectivity index (χ1v) is 9.85. The highest BCUT2D eigenvalue weighted by Crippen LogP contribution is 2.39. The summed E-state index contributed by atoms with van der Waals surface area (Å²) in [6.07, 6.45) is 4.08. The molecular formula is C19H22N4OS. The number of aryl methyl sites for hydroxylation is 2. The molecule has 3 aromatic heterocycles. The molecule has 5 rings (SSSR count). The minimum atomic E-state index is 0.525. The fraction of sp³-hybridized carbons (Fsp3) is 0.526. The molecule has 0 unspecified atom stereocenters. The molecule has 0 saturated carbocycles. The van der Waals surface area contributed by atoms with E-state index in [0.29, 0.717) is 12.0 Å². The van der Waals surface area contributed by atoms with Crippen LogP contribution in [0.2, 0.25) is 0 Å². The second kappa shape index (κ2) is 5.97. The number of aromatic nitrogens is 3. The Labute approximate surface area is 151 Å². The van der Waals surface area contributed by atoms with Crippen LogP contribution in [-0.2, 0) is 4.74 Å². The summed E-state index contributed by atoms with van der Waals surface area (Å²) in [4.78, 5) is 17.7. The SMILES string of the molecule is Cc1cc(C)c2c(n1)sc1c(C3CCN(C4COC4)CC3)ncnc12. The average Bonchev–Trinajstić information content (AvgIpc) is 2.92. The number of hydrogen-bond acceptors (Lipinski definition) is 6. The number of ether oxygens (including phenoxy) is 1. The van der Waals surface area contributed by atoms with E-state index in [2.05, 4.69) is 29.8 Å². The molecule has 0 aliphatic carbocycles. The topological polar surface area (TPSA) is 51.1 Å². The Kier molecular flexibility index (Phi) is 3.73. The highest BCUT2D eigenvalue weighted by atomic mass is 32.1. The van der Waals surface area contributed by atoms with Gasteiger partial charge in [-0.1, -0.05) is 0 Å². The van der Waals surface area contributed by atoms with Gasteiger partial charge in [-0.25, -0.2) is 15.0 Å². The number of rotatable bonds is 2. The quantitative estimate of drug-likeness (QED) is 0.706. The summed E-state index contributed by atoms with van der Waals surface area (Å²) in [6, 6.07) is 2.79. The fourth-order valence-electron chi connectivity index (χ4n) is 4.19. The van der Waals surface area contributed by atoms with E-state index in [1.54, 1.807) is 17.7 Å². The maximum Gasteiger partial charge on any atom is 0.126 e. The lowest BCUT2D eigenvalue weighted by Crippen LogP contribution is -2.51. The van der Waals surface area contributed by atoms with Gasteiger partial charge in [0.1, 0.15) is 11.2 Å². The molecule has 0 radical (unpaired) electrons. The van der Waals surface area contributed by atoms with Crippen molar-refractivity contribution < 1.29 is 4.74 Å². The Morgan fingerprint density at radius 1 is 1.16 bits per heavy atom. The highest BCUT2D eigenvalue weighted by Gasteiger charge is 2.31. The largest absolute Gasteiger partial charge is 0.378 e. The number of pyridine rings is 1. The third-order valence-corrected chi connectivity index (χ3v) is 6.73. The molecule has 2 saturated heterocycles. The normalized spacial score (nSPS) is 20.4. The fourth-order valence-corrected chi connectivity index (χ4v) is 5.51. The van der Waals surface area contributed by atoms with Crippen LogP contribution in [0.25, 0.3) is 20.4 Å². The van der Waals surface area contributed by atoms with Crippen LogP contribution < -0.4 is 0 Å². The second-order valence-electron chi connectivity index (χ2n) is 7.30. The molecule has 0 spiro atoms. The smallest absolute Gasteiger partial charge is 0.126 e. The molecular weight excluding hydrogens is 332 g/mol. The van der Waals surface area contributed by atoms with E-state index in [9.17, 15) is 0 Å². The van der Waals surface area contributed by atoms with E-state index in [1.165, 1.54) is 34.2 Å². The highest BCUT2D eigenvalue weighted by molar-refractivity contribution is 7.25. The molecule has 0 bridgehead atoms. The Morgan fingerprint density at radius 2 is 1.96 bits per heavy atom. The number of nitrogens with zero attached hydrogens (tertiary/aromatic N) is 4. The van der Waals surface area contributed by atoms with Crippen molar-refractivity contribution in [3.8, 4) is 0 Å². The van der Waals surface area contributed by atoms with Crippen LogP contribution in [0.15, 0.2) is 12.4 Å². The Hall–Kier alpha value is -1.63. The van der Waals surface area contributed by atoms with Gasteiger partial charge in [0, 0.05) is 17.0 Å². The van der Waals surface area contributed by atoms with Gasteiger partial charge in [0.2, 0.25) is 0 Å². The minimum Gasteiger partial charge on any atom is -0.378 e. The Balaban J connectivity index is 1.52. The molecule has 2 aliphatic rings. The van der Waals surface area contributed by atoms with Crippen LogP contribution in [0.5, 0.6) is 0 Å². The molecule has 0 aromatic carbocycles. The van der Waals surface area contributed by atoms with E-state index in [1.807, 2.05) is 0 Å². The standard InChI is InChI=1S/C19H22N4OS/c1-11-7-12(2)22-19-15(11)17-18(25-19)16(20-10-21-17)13-3-5-23(6-4-13)14-8-24-9-14/h7,10,13-14H,3-6,8-9H2,1-2H3. The molecule has 25 heavy (non-hydrogen) atoms. The van der Waals surface area contributed by atoms with Crippen molar-refractivity contribution >= 4 is 31.8 Å². The summed E-state index contributed by atoms with van der Waals surface area (Å²) in [5.74, 6) is 0.525.